The van der Waals surface area contributed by atoms with Gasteiger partial charge in [-0.3, -0.25) is 4.79 Å². The maximum Gasteiger partial charge on any atom is 0.257 e. The summed E-state index contributed by atoms with van der Waals surface area (Å²) < 4.78 is 38.7. The highest BCUT2D eigenvalue weighted by Gasteiger charge is 2.27. The first kappa shape index (κ1) is 22.7. The van der Waals surface area contributed by atoms with Crippen LogP contribution in [-0.2, 0) is 10.0 Å². The van der Waals surface area contributed by atoms with Crippen LogP contribution in [0.3, 0.4) is 0 Å². The SMILES string of the molecule is COc1ccc(NC(=O)c2cc(S(=O)(=O)NC3CCCC3)c(Cl)cc2Cl)c(OC)c1. The van der Waals surface area contributed by atoms with Gasteiger partial charge < -0.3 is 14.8 Å². The second-order valence-corrected chi connectivity index (χ2v) is 9.38. The molecule has 30 heavy (non-hydrogen) atoms. The lowest BCUT2D eigenvalue weighted by Gasteiger charge is -2.16. The number of halogens is 2. The summed E-state index contributed by atoms with van der Waals surface area (Å²) in [6.07, 6.45) is 3.49. The number of nitrogens with one attached hydrogen (secondary N) is 2. The summed E-state index contributed by atoms with van der Waals surface area (Å²) >= 11 is 12.3. The van der Waals surface area contributed by atoms with Crippen LogP contribution in [0, 0.1) is 0 Å². The third kappa shape index (κ3) is 5.00. The van der Waals surface area contributed by atoms with Gasteiger partial charge in [0.05, 0.1) is 35.5 Å². The molecule has 1 fully saturated rings. The number of sulfonamides is 1. The highest BCUT2D eigenvalue weighted by atomic mass is 35.5. The lowest BCUT2D eigenvalue weighted by molar-refractivity contribution is 0.102. The van der Waals surface area contributed by atoms with Crippen molar-refractivity contribution in [2.45, 2.75) is 36.6 Å². The third-order valence-corrected chi connectivity index (χ3v) is 7.19. The molecular weight excluding hydrogens is 451 g/mol. The van der Waals surface area contributed by atoms with E-state index in [4.69, 9.17) is 32.7 Å². The van der Waals surface area contributed by atoms with Gasteiger partial charge in [0, 0.05) is 12.1 Å². The van der Waals surface area contributed by atoms with Gasteiger partial charge in [-0.1, -0.05) is 36.0 Å². The minimum atomic E-state index is -3.90. The number of hydrogen-bond donors (Lipinski definition) is 2. The number of hydrogen-bond acceptors (Lipinski definition) is 5. The molecule has 1 saturated carbocycles. The van der Waals surface area contributed by atoms with Crippen LogP contribution in [0.1, 0.15) is 36.0 Å². The highest BCUT2D eigenvalue weighted by Crippen LogP contribution is 2.33. The first-order valence-corrected chi connectivity index (χ1v) is 11.5. The summed E-state index contributed by atoms with van der Waals surface area (Å²) in [6.45, 7) is 0. The van der Waals surface area contributed by atoms with E-state index in [0.717, 1.165) is 25.7 Å². The standard InChI is InChI=1S/C20H22Cl2N2O5S/c1-28-13-7-8-17(18(9-13)29-2)23-20(25)14-10-19(16(22)11-15(14)21)30(26,27)24-12-5-3-4-6-12/h7-12,24H,3-6H2,1-2H3,(H,23,25). The molecule has 0 spiro atoms. The van der Waals surface area contributed by atoms with Crippen LogP contribution in [0.5, 0.6) is 11.5 Å². The van der Waals surface area contributed by atoms with Crippen molar-refractivity contribution in [2.24, 2.45) is 0 Å². The van der Waals surface area contributed by atoms with Crippen molar-refractivity contribution in [3.63, 3.8) is 0 Å². The summed E-state index contributed by atoms with van der Waals surface area (Å²) in [6, 6.07) is 7.18. The van der Waals surface area contributed by atoms with Gasteiger partial charge >= 0.3 is 0 Å². The number of anilines is 1. The van der Waals surface area contributed by atoms with E-state index in [2.05, 4.69) is 10.0 Å². The van der Waals surface area contributed by atoms with Crippen molar-refractivity contribution >= 4 is 44.8 Å². The molecule has 7 nitrogen and oxygen atoms in total. The van der Waals surface area contributed by atoms with E-state index >= 15 is 0 Å². The maximum atomic E-state index is 12.9. The smallest absolute Gasteiger partial charge is 0.257 e. The van der Waals surface area contributed by atoms with E-state index in [1.165, 1.54) is 26.4 Å². The fourth-order valence-corrected chi connectivity index (χ4v) is 5.49. The van der Waals surface area contributed by atoms with E-state index in [1.807, 2.05) is 0 Å². The molecule has 10 heteroatoms. The van der Waals surface area contributed by atoms with E-state index in [0.29, 0.717) is 17.2 Å². The van der Waals surface area contributed by atoms with E-state index in [9.17, 15) is 13.2 Å². The summed E-state index contributed by atoms with van der Waals surface area (Å²) in [7, 11) is -0.930. The summed E-state index contributed by atoms with van der Waals surface area (Å²) in [5.41, 5.74) is 0.355. The van der Waals surface area contributed by atoms with E-state index in [-0.39, 0.29) is 26.5 Å². The molecular formula is C20H22Cl2N2O5S. The Balaban J connectivity index is 1.90. The zero-order chi connectivity index (χ0) is 21.9. The van der Waals surface area contributed by atoms with Crippen LogP contribution < -0.4 is 19.5 Å². The summed E-state index contributed by atoms with van der Waals surface area (Å²) in [5, 5.41) is 2.66. The van der Waals surface area contributed by atoms with Gasteiger partial charge in [0.1, 0.15) is 16.4 Å². The van der Waals surface area contributed by atoms with Crippen molar-refractivity contribution in [1.82, 2.24) is 4.72 Å². The Morgan fingerprint density at radius 1 is 1.03 bits per heavy atom. The Hall–Kier alpha value is -2.00. The summed E-state index contributed by atoms with van der Waals surface area (Å²) in [4.78, 5) is 12.7. The Morgan fingerprint density at radius 3 is 2.37 bits per heavy atom. The third-order valence-electron chi connectivity index (χ3n) is 4.89. The van der Waals surface area contributed by atoms with Crippen LogP contribution in [0.15, 0.2) is 35.2 Å². The lowest BCUT2D eigenvalue weighted by Crippen LogP contribution is -2.33. The molecule has 0 radical (unpaired) electrons. The number of carbonyl (C=O) groups excluding carboxylic acids is 1. The monoisotopic (exact) mass is 472 g/mol. The number of ether oxygens (including phenoxy) is 2. The quantitative estimate of drug-likeness (QED) is 0.619. The molecule has 2 aromatic rings. The molecule has 0 heterocycles. The zero-order valence-corrected chi connectivity index (χ0v) is 18.8. The molecule has 0 unspecified atom stereocenters. The maximum absolute atomic E-state index is 12.9. The lowest BCUT2D eigenvalue weighted by atomic mass is 10.2. The number of amides is 1. The average molecular weight is 473 g/mol. The predicted molar refractivity (Wildman–Crippen MR) is 117 cm³/mol. The van der Waals surface area contributed by atoms with Crippen molar-refractivity contribution in [3.05, 3.63) is 45.9 Å². The topological polar surface area (TPSA) is 93.7 Å². The Kier molecular flexibility index (Phi) is 7.13. The van der Waals surface area contributed by atoms with Gasteiger partial charge in [-0.05, 0) is 37.1 Å². The predicted octanol–water partition coefficient (Wildman–Crippen LogP) is 4.48. The zero-order valence-electron chi connectivity index (χ0n) is 16.5. The largest absolute Gasteiger partial charge is 0.497 e. The molecule has 0 aromatic heterocycles. The number of carbonyl (C=O) groups is 1. The van der Waals surface area contributed by atoms with Gasteiger partial charge in [0.15, 0.2) is 0 Å². The molecule has 0 saturated heterocycles. The molecule has 3 rings (SSSR count). The molecule has 0 bridgehead atoms. The van der Waals surface area contributed by atoms with Crippen LogP contribution in [0.4, 0.5) is 5.69 Å². The molecule has 0 atom stereocenters. The highest BCUT2D eigenvalue weighted by molar-refractivity contribution is 7.89. The van der Waals surface area contributed by atoms with Gasteiger partial charge in [-0.25, -0.2) is 13.1 Å². The normalized spacial score (nSPS) is 14.5. The first-order chi connectivity index (χ1) is 14.2. The Bertz CT molecular complexity index is 1050. The number of methoxy groups -OCH3 is 2. The second kappa shape index (κ2) is 9.43. The molecule has 1 amide bonds. The molecule has 2 aromatic carbocycles. The van der Waals surface area contributed by atoms with Crippen molar-refractivity contribution in [3.8, 4) is 11.5 Å². The van der Waals surface area contributed by atoms with Crippen molar-refractivity contribution < 1.29 is 22.7 Å². The first-order valence-electron chi connectivity index (χ1n) is 9.30. The van der Waals surface area contributed by atoms with Gasteiger partial charge in [-0.15, -0.1) is 0 Å². The van der Waals surface area contributed by atoms with E-state index < -0.39 is 15.9 Å². The number of benzene rings is 2. The second-order valence-electron chi connectivity index (χ2n) is 6.89. The molecule has 2 N–H and O–H groups in total. The fraction of sp³-hybridized carbons (Fsp3) is 0.350. The van der Waals surface area contributed by atoms with Crippen LogP contribution in [0.2, 0.25) is 10.0 Å². The molecule has 1 aliphatic carbocycles. The fourth-order valence-electron chi connectivity index (χ4n) is 3.33. The van der Waals surface area contributed by atoms with Gasteiger partial charge in [-0.2, -0.15) is 0 Å². The van der Waals surface area contributed by atoms with E-state index in [1.54, 1.807) is 18.2 Å². The summed E-state index contributed by atoms with van der Waals surface area (Å²) in [5.74, 6) is 0.335. The Morgan fingerprint density at radius 2 is 1.73 bits per heavy atom. The van der Waals surface area contributed by atoms with Crippen molar-refractivity contribution in [2.75, 3.05) is 19.5 Å². The Labute approximate surface area is 185 Å². The van der Waals surface area contributed by atoms with Crippen LogP contribution in [-0.4, -0.2) is 34.6 Å². The van der Waals surface area contributed by atoms with Crippen molar-refractivity contribution in [1.29, 1.82) is 0 Å². The molecule has 1 aliphatic rings. The van der Waals surface area contributed by atoms with Crippen LogP contribution in [0.25, 0.3) is 0 Å². The minimum Gasteiger partial charge on any atom is -0.497 e. The van der Waals surface area contributed by atoms with Gasteiger partial charge in [0.2, 0.25) is 10.0 Å². The molecule has 162 valence electrons. The number of rotatable bonds is 7. The minimum absolute atomic E-state index is 0.0225. The average Bonchev–Trinajstić information content (AvgIpc) is 3.20. The van der Waals surface area contributed by atoms with Gasteiger partial charge in [0.25, 0.3) is 5.91 Å². The molecule has 0 aliphatic heterocycles. The van der Waals surface area contributed by atoms with Crippen LogP contribution >= 0.6 is 23.2 Å².